The molecule has 0 aromatic heterocycles. The molecule has 5 nitrogen and oxygen atoms in total. The Morgan fingerprint density at radius 2 is 2.15 bits per heavy atom. The van der Waals surface area contributed by atoms with Gasteiger partial charge in [0.15, 0.2) is 0 Å². The van der Waals surface area contributed by atoms with Crippen LogP contribution in [0, 0.1) is 11.3 Å². The summed E-state index contributed by atoms with van der Waals surface area (Å²) in [6.45, 7) is 0.420. The Balaban J connectivity index is 4.41. The van der Waals surface area contributed by atoms with Crippen molar-refractivity contribution in [1.82, 2.24) is 10.2 Å². The molecule has 0 aliphatic heterocycles. The van der Waals surface area contributed by atoms with Crippen molar-refractivity contribution in [3.8, 4) is 0 Å². The van der Waals surface area contributed by atoms with Gasteiger partial charge in [-0.3, -0.25) is 10.2 Å². The van der Waals surface area contributed by atoms with E-state index in [1.807, 2.05) is 0 Å². The van der Waals surface area contributed by atoms with E-state index >= 15 is 0 Å². The first-order chi connectivity index (χ1) is 6.04. The zero-order valence-corrected chi connectivity index (χ0v) is 8.55. The molecule has 0 radical (unpaired) electrons. The third kappa shape index (κ3) is 3.42. The lowest BCUT2D eigenvalue weighted by Gasteiger charge is -2.21. The number of carbonyl (C=O) groups excluding carboxylic acids is 1. The molecule has 1 atom stereocenters. The standard InChI is InChI=1S/C8H17N3O2/c1-10-5-6(8(12)13-4)7(9)11(2)3/h6,9-10H,5H2,1-4H3. The van der Waals surface area contributed by atoms with Gasteiger partial charge in [-0.2, -0.15) is 0 Å². The second-order valence-corrected chi connectivity index (χ2v) is 2.91. The minimum Gasteiger partial charge on any atom is -0.468 e. The Kier molecular flexibility index (Phi) is 5.06. The van der Waals surface area contributed by atoms with E-state index in [1.54, 1.807) is 26.0 Å². The van der Waals surface area contributed by atoms with E-state index in [0.717, 1.165) is 0 Å². The summed E-state index contributed by atoms with van der Waals surface area (Å²) in [6.07, 6.45) is 0. The summed E-state index contributed by atoms with van der Waals surface area (Å²) in [6, 6.07) is 0. The van der Waals surface area contributed by atoms with Gasteiger partial charge in [0.2, 0.25) is 0 Å². The van der Waals surface area contributed by atoms with Crippen LogP contribution >= 0.6 is 0 Å². The third-order valence-corrected chi connectivity index (χ3v) is 1.71. The molecule has 0 fully saturated rings. The highest BCUT2D eigenvalue weighted by Gasteiger charge is 2.24. The summed E-state index contributed by atoms with van der Waals surface area (Å²) in [7, 11) is 6.52. The van der Waals surface area contributed by atoms with Gasteiger partial charge in [0.05, 0.1) is 7.11 Å². The quantitative estimate of drug-likeness (QED) is 0.355. The molecule has 0 rings (SSSR count). The summed E-state index contributed by atoms with van der Waals surface area (Å²) in [5.41, 5.74) is 0. The topological polar surface area (TPSA) is 65.4 Å². The number of hydrogen-bond acceptors (Lipinski definition) is 4. The van der Waals surface area contributed by atoms with Crippen molar-refractivity contribution in [2.45, 2.75) is 0 Å². The fourth-order valence-corrected chi connectivity index (χ4v) is 0.950. The number of nitrogens with zero attached hydrogens (tertiary/aromatic N) is 1. The molecule has 13 heavy (non-hydrogen) atoms. The van der Waals surface area contributed by atoms with Crippen LogP contribution in [0.15, 0.2) is 0 Å². The number of amidine groups is 1. The Morgan fingerprint density at radius 1 is 1.62 bits per heavy atom. The number of nitrogens with one attached hydrogen (secondary N) is 2. The van der Waals surface area contributed by atoms with Gasteiger partial charge in [-0.25, -0.2) is 0 Å². The van der Waals surface area contributed by atoms with Crippen molar-refractivity contribution in [3.05, 3.63) is 0 Å². The largest absolute Gasteiger partial charge is 0.468 e. The van der Waals surface area contributed by atoms with Crippen LogP contribution in [0.2, 0.25) is 0 Å². The van der Waals surface area contributed by atoms with Crippen LogP contribution in [0.1, 0.15) is 0 Å². The van der Waals surface area contributed by atoms with Crippen molar-refractivity contribution in [2.75, 3.05) is 34.8 Å². The lowest BCUT2D eigenvalue weighted by Crippen LogP contribution is -2.40. The fraction of sp³-hybridized carbons (Fsp3) is 0.750. The van der Waals surface area contributed by atoms with Crippen LogP contribution in [0.4, 0.5) is 0 Å². The van der Waals surface area contributed by atoms with Gasteiger partial charge in [-0.1, -0.05) is 0 Å². The van der Waals surface area contributed by atoms with Crippen molar-refractivity contribution >= 4 is 11.8 Å². The van der Waals surface area contributed by atoms with E-state index in [4.69, 9.17) is 5.41 Å². The van der Waals surface area contributed by atoms with Gasteiger partial charge in [0.25, 0.3) is 0 Å². The van der Waals surface area contributed by atoms with Gasteiger partial charge in [-0.05, 0) is 7.05 Å². The molecule has 0 aliphatic carbocycles. The Hall–Kier alpha value is -1.10. The molecule has 0 amide bonds. The molecular formula is C8H17N3O2. The van der Waals surface area contributed by atoms with Crippen LogP contribution in [-0.2, 0) is 9.53 Å². The maximum Gasteiger partial charge on any atom is 0.317 e. The Labute approximate surface area is 78.6 Å². The molecular weight excluding hydrogens is 170 g/mol. The number of carbonyl (C=O) groups is 1. The lowest BCUT2D eigenvalue weighted by molar-refractivity contribution is -0.143. The smallest absolute Gasteiger partial charge is 0.317 e. The lowest BCUT2D eigenvalue weighted by atomic mass is 10.1. The van der Waals surface area contributed by atoms with Crippen LogP contribution in [0.3, 0.4) is 0 Å². The van der Waals surface area contributed by atoms with Gasteiger partial charge in [0.1, 0.15) is 11.8 Å². The van der Waals surface area contributed by atoms with Gasteiger partial charge < -0.3 is 15.0 Å². The minimum atomic E-state index is -0.523. The highest BCUT2D eigenvalue weighted by molar-refractivity contribution is 5.99. The molecule has 2 N–H and O–H groups in total. The molecule has 0 aromatic rings. The maximum absolute atomic E-state index is 11.2. The summed E-state index contributed by atoms with van der Waals surface area (Å²) >= 11 is 0. The fourth-order valence-electron chi connectivity index (χ4n) is 0.950. The van der Waals surface area contributed by atoms with Gasteiger partial charge >= 0.3 is 5.97 Å². The summed E-state index contributed by atoms with van der Waals surface area (Å²) < 4.78 is 4.59. The number of rotatable bonds is 4. The minimum absolute atomic E-state index is 0.251. The van der Waals surface area contributed by atoms with Crippen LogP contribution in [0.25, 0.3) is 0 Å². The predicted molar refractivity (Wildman–Crippen MR) is 50.8 cm³/mol. The molecule has 0 spiro atoms. The first kappa shape index (κ1) is 11.9. The van der Waals surface area contributed by atoms with Crippen molar-refractivity contribution < 1.29 is 9.53 Å². The second kappa shape index (κ2) is 5.53. The number of hydrogen-bond donors (Lipinski definition) is 2. The van der Waals surface area contributed by atoms with E-state index in [2.05, 4.69) is 10.1 Å². The summed E-state index contributed by atoms with van der Waals surface area (Å²) in [4.78, 5) is 12.8. The average molecular weight is 187 g/mol. The number of esters is 1. The van der Waals surface area contributed by atoms with Crippen molar-refractivity contribution in [2.24, 2.45) is 5.92 Å². The van der Waals surface area contributed by atoms with E-state index in [0.29, 0.717) is 6.54 Å². The van der Waals surface area contributed by atoms with E-state index in [1.165, 1.54) is 7.11 Å². The first-order valence-corrected chi connectivity index (χ1v) is 4.02. The molecule has 0 saturated carbocycles. The zero-order chi connectivity index (χ0) is 10.4. The Morgan fingerprint density at radius 3 is 2.46 bits per heavy atom. The zero-order valence-electron chi connectivity index (χ0n) is 8.55. The summed E-state index contributed by atoms with van der Waals surface area (Å²) in [5, 5.41) is 10.5. The molecule has 76 valence electrons. The molecule has 0 aliphatic rings. The SMILES string of the molecule is CNCC(C(=N)N(C)C)C(=O)OC. The molecule has 0 heterocycles. The number of methoxy groups -OCH3 is 1. The van der Waals surface area contributed by atoms with E-state index in [-0.39, 0.29) is 11.8 Å². The second-order valence-electron chi connectivity index (χ2n) is 2.91. The van der Waals surface area contributed by atoms with E-state index in [9.17, 15) is 4.79 Å². The average Bonchev–Trinajstić information content (AvgIpc) is 2.11. The monoisotopic (exact) mass is 187 g/mol. The maximum atomic E-state index is 11.2. The molecule has 0 aromatic carbocycles. The van der Waals surface area contributed by atoms with Crippen LogP contribution < -0.4 is 5.32 Å². The van der Waals surface area contributed by atoms with Gasteiger partial charge in [-0.15, -0.1) is 0 Å². The molecule has 0 saturated heterocycles. The van der Waals surface area contributed by atoms with Gasteiger partial charge in [0, 0.05) is 20.6 Å². The molecule has 5 heteroatoms. The van der Waals surface area contributed by atoms with Crippen LogP contribution in [0.5, 0.6) is 0 Å². The normalized spacial score (nSPS) is 12.0. The first-order valence-electron chi connectivity index (χ1n) is 4.02. The highest BCUT2D eigenvalue weighted by Crippen LogP contribution is 2.02. The van der Waals surface area contributed by atoms with Crippen LogP contribution in [-0.4, -0.2) is 51.5 Å². The summed E-state index contributed by atoms with van der Waals surface area (Å²) in [5.74, 6) is -0.653. The molecule has 0 bridgehead atoms. The third-order valence-electron chi connectivity index (χ3n) is 1.71. The molecule has 1 unspecified atom stereocenters. The highest BCUT2D eigenvalue weighted by atomic mass is 16.5. The van der Waals surface area contributed by atoms with Crippen molar-refractivity contribution in [1.29, 1.82) is 5.41 Å². The van der Waals surface area contributed by atoms with E-state index < -0.39 is 5.92 Å². The predicted octanol–water partition coefficient (Wildman–Crippen LogP) is -0.466. The number of ether oxygens (including phenoxy) is 1. The Bertz CT molecular complexity index is 192. The van der Waals surface area contributed by atoms with Crippen molar-refractivity contribution in [3.63, 3.8) is 0 Å².